The number of rotatable bonds is 3. The number of nitriles is 1. The van der Waals surface area contributed by atoms with Crippen LogP contribution in [-0.2, 0) is 10.0 Å². The quantitative estimate of drug-likeness (QED) is 0.813. The van der Waals surface area contributed by atoms with Crippen LogP contribution in [0.1, 0.15) is 22.3 Å². The molecule has 0 fully saturated rings. The molecule has 7 nitrogen and oxygen atoms in total. The predicted octanol–water partition coefficient (Wildman–Crippen LogP) is 2.35. The molecule has 1 aliphatic heterocycles. The van der Waals surface area contributed by atoms with E-state index in [0.29, 0.717) is 5.56 Å². The lowest BCUT2D eigenvalue weighted by Gasteiger charge is -2.24. The van der Waals surface area contributed by atoms with Crippen LogP contribution in [0, 0.1) is 11.3 Å². The Labute approximate surface area is 155 Å². The lowest BCUT2D eigenvalue weighted by molar-refractivity contribution is 0.0872. The van der Waals surface area contributed by atoms with Crippen molar-refractivity contribution in [1.82, 2.24) is 10.4 Å². The molecular formula is C17H13ClN4O3S. The van der Waals surface area contributed by atoms with Crippen LogP contribution in [0.15, 0.2) is 57.8 Å². The van der Waals surface area contributed by atoms with Crippen molar-refractivity contribution in [3.8, 4) is 6.07 Å². The fraction of sp³-hybridized carbons (Fsp3) is 0.118. The van der Waals surface area contributed by atoms with Gasteiger partial charge in [-0.2, -0.15) is 13.7 Å². The van der Waals surface area contributed by atoms with Crippen molar-refractivity contribution in [2.45, 2.75) is 11.3 Å². The van der Waals surface area contributed by atoms with Crippen LogP contribution in [-0.4, -0.2) is 31.7 Å². The maximum absolute atomic E-state index is 12.5. The van der Waals surface area contributed by atoms with Gasteiger partial charge in [-0.1, -0.05) is 35.9 Å². The molecule has 132 valence electrons. The van der Waals surface area contributed by atoms with Crippen LogP contribution in [0.3, 0.4) is 0 Å². The molecule has 2 aromatic carbocycles. The molecule has 0 saturated heterocycles. The SMILES string of the molecule is N#CCCN(NC(=O)c1ccccc1Cl)C1=NS(=O)(=O)c2ccccc21. The van der Waals surface area contributed by atoms with E-state index in [-0.39, 0.29) is 34.3 Å². The number of benzene rings is 2. The summed E-state index contributed by atoms with van der Waals surface area (Å²) in [6.07, 6.45) is 0.0596. The third-order valence-electron chi connectivity index (χ3n) is 3.67. The normalized spacial score (nSPS) is 14.1. The molecule has 26 heavy (non-hydrogen) atoms. The van der Waals surface area contributed by atoms with Gasteiger partial charge in [-0.3, -0.25) is 15.2 Å². The fourth-order valence-corrected chi connectivity index (χ4v) is 3.92. The summed E-state index contributed by atoms with van der Waals surface area (Å²) in [5.74, 6) is -0.464. The highest BCUT2D eigenvalue weighted by Crippen LogP contribution is 2.27. The molecule has 0 radical (unpaired) electrons. The number of amidine groups is 1. The number of hydrogen-bond donors (Lipinski definition) is 1. The summed E-state index contributed by atoms with van der Waals surface area (Å²) in [7, 11) is -3.85. The highest BCUT2D eigenvalue weighted by atomic mass is 35.5. The Balaban J connectivity index is 1.97. The third kappa shape index (κ3) is 3.40. The molecule has 1 heterocycles. The van der Waals surface area contributed by atoms with Crippen LogP contribution >= 0.6 is 11.6 Å². The second-order valence-corrected chi connectivity index (χ2v) is 7.35. The largest absolute Gasteiger partial charge is 0.285 e. The maximum Gasteiger partial charge on any atom is 0.285 e. The van der Waals surface area contributed by atoms with E-state index in [0.717, 1.165) is 0 Å². The Kier molecular flexibility index (Phi) is 4.93. The highest BCUT2D eigenvalue weighted by molar-refractivity contribution is 7.90. The Morgan fingerprint density at radius 1 is 1.19 bits per heavy atom. The number of carbonyl (C=O) groups excluding carboxylic acids is 1. The summed E-state index contributed by atoms with van der Waals surface area (Å²) < 4.78 is 28.2. The van der Waals surface area contributed by atoms with Crippen LogP contribution in [0.4, 0.5) is 0 Å². The van der Waals surface area contributed by atoms with Gasteiger partial charge in [0.15, 0.2) is 5.84 Å². The smallest absolute Gasteiger partial charge is 0.267 e. The summed E-state index contributed by atoms with van der Waals surface area (Å²) in [4.78, 5) is 12.6. The van der Waals surface area contributed by atoms with Crippen molar-refractivity contribution in [2.75, 3.05) is 6.54 Å². The van der Waals surface area contributed by atoms with Gasteiger partial charge < -0.3 is 0 Å². The Hall–Kier alpha value is -2.89. The lowest BCUT2D eigenvalue weighted by atomic mass is 10.2. The lowest BCUT2D eigenvalue weighted by Crippen LogP contribution is -2.46. The van der Waals surface area contributed by atoms with E-state index >= 15 is 0 Å². The zero-order valence-corrected chi connectivity index (χ0v) is 15.0. The number of nitrogens with one attached hydrogen (secondary N) is 1. The number of halogens is 1. The molecule has 0 unspecified atom stereocenters. The van der Waals surface area contributed by atoms with E-state index in [2.05, 4.69) is 9.82 Å². The molecule has 0 aliphatic carbocycles. The van der Waals surface area contributed by atoms with E-state index in [1.807, 2.05) is 6.07 Å². The second-order valence-electron chi connectivity index (χ2n) is 5.37. The monoisotopic (exact) mass is 388 g/mol. The molecule has 2 aromatic rings. The number of fused-ring (bicyclic) bond motifs is 1. The van der Waals surface area contributed by atoms with Crippen LogP contribution in [0.5, 0.6) is 0 Å². The molecule has 1 aliphatic rings. The molecule has 0 spiro atoms. The summed E-state index contributed by atoms with van der Waals surface area (Å²) in [6.45, 7) is 0.0649. The number of amides is 1. The minimum atomic E-state index is -3.85. The number of nitrogens with zero attached hydrogens (tertiary/aromatic N) is 3. The molecule has 0 aromatic heterocycles. The minimum Gasteiger partial charge on any atom is -0.267 e. The van der Waals surface area contributed by atoms with Gasteiger partial charge in [-0.05, 0) is 24.3 Å². The topological polar surface area (TPSA) is 103 Å². The molecule has 0 atom stereocenters. The zero-order valence-electron chi connectivity index (χ0n) is 13.4. The number of hydrogen-bond acceptors (Lipinski definition) is 5. The molecule has 0 bridgehead atoms. The molecule has 1 amide bonds. The average molecular weight is 389 g/mol. The van der Waals surface area contributed by atoms with Crippen LogP contribution in [0.25, 0.3) is 0 Å². The van der Waals surface area contributed by atoms with Crippen molar-refractivity contribution in [1.29, 1.82) is 5.26 Å². The Morgan fingerprint density at radius 2 is 1.88 bits per heavy atom. The first kappa shape index (κ1) is 17.9. The van der Waals surface area contributed by atoms with Gasteiger partial charge in [0.05, 0.1) is 29.6 Å². The van der Waals surface area contributed by atoms with Crippen molar-refractivity contribution in [3.63, 3.8) is 0 Å². The van der Waals surface area contributed by atoms with E-state index in [4.69, 9.17) is 16.9 Å². The van der Waals surface area contributed by atoms with Gasteiger partial charge in [0.1, 0.15) is 4.90 Å². The molecule has 0 saturated carbocycles. The van der Waals surface area contributed by atoms with Crippen molar-refractivity contribution in [2.24, 2.45) is 4.40 Å². The predicted molar refractivity (Wildman–Crippen MR) is 96.0 cm³/mol. The fourth-order valence-electron chi connectivity index (χ4n) is 2.49. The molecular weight excluding hydrogens is 376 g/mol. The van der Waals surface area contributed by atoms with Gasteiger partial charge in [-0.25, -0.2) is 0 Å². The van der Waals surface area contributed by atoms with E-state index in [9.17, 15) is 13.2 Å². The van der Waals surface area contributed by atoms with Gasteiger partial charge in [-0.15, -0.1) is 4.40 Å². The summed E-state index contributed by atoms with van der Waals surface area (Å²) in [6, 6.07) is 14.7. The van der Waals surface area contributed by atoms with Gasteiger partial charge >= 0.3 is 0 Å². The number of carbonyl (C=O) groups is 1. The average Bonchev–Trinajstić information content (AvgIpc) is 2.90. The van der Waals surface area contributed by atoms with E-state index in [1.54, 1.807) is 42.5 Å². The van der Waals surface area contributed by atoms with Gasteiger partial charge in [0, 0.05) is 5.56 Å². The Morgan fingerprint density at radius 3 is 2.62 bits per heavy atom. The minimum absolute atomic E-state index is 0.0592. The summed E-state index contributed by atoms with van der Waals surface area (Å²) >= 11 is 6.04. The third-order valence-corrected chi connectivity index (χ3v) is 5.33. The van der Waals surface area contributed by atoms with Gasteiger partial charge in [0.25, 0.3) is 15.9 Å². The van der Waals surface area contributed by atoms with Crippen LogP contribution < -0.4 is 5.43 Å². The maximum atomic E-state index is 12.5. The summed E-state index contributed by atoms with van der Waals surface area (Å²) in [5, 5.41) is 10.4. The Bertz CT molecular complexity index is 1040. The van der Waals surface area contributed by atoms with Gasteiger partial charge in [0.2, 0.25) is 0 Å². The highest BCUT2D eigenvalue weighted by Gasteiger charge is 2.32. The first-order chi connectivity index (χ1) is 12.4. The van der Waals surface area contributed by atoms with E-state index < -0.39 is 15.9 Å². The van der Waals surface area contributed by atoms with Crippen molar-refractivity contribution < 1.29 is 13.2 Å². The second kappa shape index (κ2) is 7.15. The standard InChI is InChI=1S/C17H13ClN4O3S/c18-14-8-3-1-6-12(14)17(23)20-22(11-5-10-19)16-13-7-2-4-9-15(13)26(24,25)21-16/h1-4,6-9H,5,11H2,(H,20,23). The number of hydrazine groups is 1. The first-order valence-electron chi connectivity index (χ1n) is 7.58. The van der Waals surface area contributed by atoms with Crippen molar-refractivity contribution >= 4 is 33.4 Å². The first-order valence-corrected chi connectivity index (χ1v) is 9.40. The number of sulfonamides is 1. The molecule has 1 N–H and O–H groups in total. The zero-order chi connectivity index (χ0) is 18.7. The molecule has 3 rings (SSSR count). The summed E-state index contributed by atoms with van der Waals surface area (Å²) in [5.41, 5.74) is 3.19. The molecule has 9 heteroatoms. The van der Waals surface area contributed by atoms with E-state index in [1.165, 1.54) is 11.1 Å². The van der Waals surface area contributed by atoms with Crippen molar-refractivity contribution in [3.05, 3.63) is 64.7 Å². The van der Waals surface area contributed by atoms with Crippen LogP contribution in [0.2, 0.25) is 5.02 Å².